The fourth-order valence-corrected chi connectivity index (χ4v) is 3.59. The standard InChI is InChI=1S/C17H31N5O2S.ClH/c1-12(2)11-22-14(20-21-17(22)25-3)5-4-8-19-16(23)15(18)13-6-9-24-10-7-13;/h12-13,15H,4-11,18H2,1-3H3,(H,19,23);1H. The molecule has 1 atom stereocenters. The number of nitrogens with one attached hydrogen (secondary N) is 1. The SMILES string of the molecule is CSc1nnc(CCCNC(=O)C(N)C2CCOCC2)n1CC(C)C.Cl. The Morgan fingerprint density at radius 1 is 1.38 bits per heavy atom. The number of carbonyl (C=O) groups is 1. The van der Waals surface area contributed by atoms with Crippen molar-refractivity contribution < 1.29 is 9.53 Å². The number of aryl methyl sites for hydroxylation is 1. The molecule has 1 aromatic rings. The molecule has 0 aromatic carbocycles. The lowest BCUT2D eigenvalue weighted by atomic mass is 9.92. The third kappa shape index (κ3) is 6.72. The fourth-order valence-electron chi connectivity index (χ4n) is 3.07. The van der Waals surface area contributed by atoms with Crippen LogP contribution in [0.5, 0.6) is 0 Å². The number of carbonyl (C=O) groups excluding carboxylic acids is 1. The Morgan fingerprint density at radius 2 is 2.08 bits per heavy atom. The molecule has 0 spiro atoms. The Balaban J connectivity index is 0.00000338. The molecule has 2 rings (SSSR count). The number of rotatable bonds is 9. The molecule has 0 saturated carbocycles. The van der Waals surface area contributed by atoms with E-state index >= 15 is 0 Å². The summed E-state index contributed by atoms with van der Waals surface area (Å²) in [6, 6.07) is -0.434. The van der Waals surface area contributed by atoms with Crippen LogP contribution < -0.4 is 11.1 Å². The van der Waals surface area contributed by atoms with Crippen LogP contribution in [0.1, 0.15) is 38.9 Å². The van der Waals surface area contributed by atoms with E-state index in [1.54, 1.807) is 11.8 Å². The van der Waals surface area contributed by atoms with Crippen molar-refractivity contribution in [3.63, 3.8) is 0 Å². The Bertz CT molecular complexity index is 549. The Hall–Kier alpha value is -0.830. The average molecular weight is 406 g/mol. The van der Waals surface area contributed by atoms with E-state index in [1.165, 1.54) is 0 Å². The molecule has 1 amide bonds. The summed E-state index contributed by atoms with van der Waals surface area (Å²) in [6.07, 6.45) is 5.38. The second-order valence-electron chi connectivity index (χ2n) is 6.98. The highest BCUT2D eigenvalue weighted by Gasteiger charge is 2.26. The second kappa shape index (κ2) is 11.8. The summed E-state index contributed by atoms with van der Waals surface area (Å²) < 4.78 is 7.51. The molecule has 0 bridgehead atoms. The molecule has 0 radical (unpaired) electrons. The zero-order valence-corrected chi connectivity index (χ0v) is 17.6. The molecule has 26 heavy (non-hydrogen) atoms. The third-order valence-electron chi connectivity index (χ3n) is 4.48. The second-order valence-corrected chi connectivity index (χ2v) is 7.75. The maximum atomic E-state index is 12.2. The molecule has 1 aliphatic rings. The van der Waals surface area contributed by atoms with Crippen LogP contribution in [0.2, 0.25) is 0 Å². The van der Waals surface area contributed by atoms with Gasteiger partial charge in [0.1, 0.15) is 5.82 Å². The summed E-state index contributed by atoms with van der Waals surface area (Å²) in [5, 5.41) is 12.5. The van der Waals surface area contributed by atoms with Crippen LogP contribution in [0.3, 0.4) is 0 Å². The van der Waals surface area contributed by atoms with Gasteiger partial charge in [-0.1, -0.05) is 25.6 Å². The van der Waals surface area contributed by atoms with Gasteiger partial charge >= 0.3 is 0 Å². The van der Waals surface area contributed by atoms with Crippen molar-refractivity contribution in [2.24, 2.45) is 17.6 Å². The van der Waals surface area contributed by atoms with Gasteiger partial charge in [-0.05, 0) is 37.4 Å². The Kier molecular flexibility index (Phi) is 10.5. The van der Waals surface area contributed by atoms with Gasteiger partial charge in [-0.3, -0.25) is 4.79 Å². The molecule has 150 valence electrons. The van der Waals surface area contributed by atoms with Crippen LogP contribution in [-0.2, 0) is 22.5 Å². The highest BCUT2D eigenvalue weighted by Crippen LogP contribution is 2.18. The molecule has 7 nitrogen and oxygen atoms in total. The van der Waals surface area contributed by atoms with Crippen molar-refractivity contribution in [3.05, 3.63) is 5.82 Å². The molecule has 1 fully saturated rings. The number of thioether (sulfide) groups is 1. The number of hydrogen-bond donors (Lipinski definition) is 2. The number of nitrogens with two attached hydrogens (primary N) is 1. The fraction of sp³-hybridized carbons (Fsp3) is 0.824. The van der Waals surface area contributed by atoms with E-state index in [-0.39, 0.29) is 24.2 Å². The summed E-state index contributed by atoms with van der Waals surface area (Å²) in [5.41, 5.74) is 6.09. The number of halogens is 1. The molecule has 1 aliphatic heterocycles. The van der Waals surface area contributed by atoms with Gasteiger partial charge in [0, 0.05) is 32.7 Å². The average Bonchev–Trinajstić information content (AvgIpc) is 2.99. The molecular weight excluding hydrogens is 374 g/mol. The van der Waals surface area contributed by atoms with Gasteiger partial charge < -0.3 is 20.4 Å². The van der Waals surface area contributed by atoms with Crippen molar-refractivity contribution >= 4 is 30.1 Å². The maximum Gasteiger partial charge on any atom is 0.237 e. The lowest BCUT2D eigenvalue weighted by Crippen LogP contribution is -2.47. The Labute approximate surface area is 166 Å². The zero-order valence-electron chi connectivity index (χ0n) is 15.9. The lowest BCUT2D eigenvalue weighted by Gasteiger charge is -2.26. The van der Waals surface area contributed by atoms with E-state index in [2.05, 4.69) is 33.9 Å². The first-order valence-electron chi connectivity index (χ1n) is 9.10. The van der Waals surface area contributed by atoms with E-state index in [0.717, 1.165) is 43.2 Å². The van der Waals surface area contributed by atoms with Gasteiger partial charge in [0.25, 0.3) is 0 Å². The first kappa shape index (κ1) is 23.2. The quantitative estimate of drug-likeness (QED) is 0.481. The van der Waals surface area contributed by atoms with Crippen LogP contribution in [0.4, 0.5) is 0 Å². The highest BCUT2D eigenvalue weighted by atomic mass is 35.5. The molecule has 1 saturated heterocycles. The highest BCUT2D eigenvalue weighted by molar-refractivity contribution is 7.98. The van der Waals surface area contributed by atoms with Crippen molar-refractivity contribution in [2.75, 3.05) is 26.0 Å². The van der Waals surface area contributed by atoms with Crippen LogP contribution in [0, 0.1) is 11.8 Å². The van der Waals surface area contributed by atoms with Crippen molar-refractivity contribution in [3.8, 4) is 0 Å². The predicted molar refractivity (Wildman–Crippen MR) is 107 cm³/mol. The molecule has 2 heterocycles. The number of nitrogens with zero attached hydrogens (tertiary/aromatic N) is 3. The zero-order chi connectivity index (χ0) is 18.2. The topological polar surface area (TPSA) is 95.1 Å². The van der Waals surface area contributed by atoms with Gasteiger partial charge in [0.15, 0.2) is 5.16 Å². The van der Waals surface area contributed by atoms with E-state index in [0.29, 0.717) is 25.7 Å². The van der Waals surface area contributed by atoms with E-state index in [9.17, 15) is 4.79 Å². The van der Waals surface area contributed by atoms with Crippen molar-refractivity contribution in [2.45, 2.75) is 57.3 Å². The van der Waals surface area contributed by atoms with Gasteiger partial charge in [-0.2, -0.15) is 0 Å². The number of ether oxygens (including phenoxy) is 1. The summed E-state index contributed by atoms with van der Waals surface area (Å²) in [5.74, 6) is 1.70. The van der Waals surface area contributed by atoms with Gasteiger partial charge in [-0.25, -0.2) is 0 Å². The molecule has 0 aliphatic carbocycles. The monoisotopic (exact) mass is 405 g/mol. The normalized spacial score (nSPS) is 16.3. The first-order chi connectivity index (χ1) is 12.0. The lowest BCUT2D eigenvalue weighted by molar-refractivity contribution is -0.124. The smallest absolute Gasteiger partial charge is 0.237 e. The predicted octanol–water partition coefficient (Wildman–Crippen LogP) is 1.88. The van der Waals surface area contributed by atoms with Crippen LogP contribution in [0.25, 0.3) is 0 Å². The minimum atomic E-state index is -0.434. The van der Waals surface area contributed by atoms with E-state index in [4.69, 9.17) is 10.5 Å². The van der Waals surface area contributed by atoms with Crippen LogP contribution >= 0.6 is 24.2 Å². The molecule has 9 heteroatoms. The number of aromatic nitrogens is 3. The van der Waals surface area contributed by atoms with Crippen LogP contribution in [0.15, 0.2) is 5.16 Å². The maximum absolute atomic E-state index is 12.2. The summed E-state index contributed by atoms with van der Waals surface area (Å²) in [6.45, 7) is 7.31. The van der Waals surface area contributed by atoms with Gasteiger partial charge in [0.05, 0.1) is 6.04 Å². The number of amides is 1. The minimum Gasteiger partial charge on any atom is -0.381 e. The van der Waals surface area contributed by atoms with Crippen molar-refractivity contribution in [1.82, 2.24) is 20.1 Å². The van der Waals surface area contributed by atoms with Crippen LogP contribution in [-0.4, -0.2) is 52.7 Å². The molecule has 3 N–H and O–H groups in total. The molecule has 1 aromatic heterocycles. The number of hydrogen-bond acceptors (Lipinski definition) is 6. The summed E-state index contributed by atoms with van der Waals surface area (Å²) in [4.78, 5) is 12.2. The third-order valence-corrected chi connectivity index (χ3v) is 5.14. The summed E-state index contributed by atoms with van der Waals surface area (Å²) in [7, 11) is 0. The van der Waals surface area contributed by atoms with E-state index in [1.807, 2.05) is 6.26 Å². The largest absolute Gasteiger partial charge is 0.381 e. The first-order valence-corrected chi connectivity index (χ1v) is 10.3. The summed E-state index contributed by atoms with van der Waals surface area (Å²) >= 11 is 1.61. The van der Waals surface area contributed by atoms with E-state index < -0.39 is 6.04 Å². The molecular formula is C17H32ClN5O2S. The molecule has 1 unspecified atom stereocenters. The van der Waals surface area contributed by atoms with Gasteiger partial charge in [-0.15, -0.1) is 22.6 Å². The Morgan fingerprint density at radius 3 is 2.69 bits per heavy atom. The van der Waals surface area contributed by atoms with Gasteiger partial charge in [0.2, 0.25) is 5.91 Å². The van der Waals surface area contributed by atoms with Crippen molar-refractivity contribution in [1.29, 1.82) is 0 Å². The minimum absolute atomic E-state index is 0.